The van der Waals surface area contributed by atoms with Crippen LogP contribution in [-0.4, -0.2) is 92.9 Å². The molecule has 13 N–H and O–H groups in total. The van der Waals surface area contributed by atoms with Crippen molar-refractivity contribution in [2.24, 2.45) is 23.1 Å². The second-order valence-electron chi connectivity index (χ2n) is 10.3. The number of carboxylic acid groups (broad SMARTS) is 2. The van der Waals surface area contributed by atoms with Crippen molar-refractivity contribution in [3.8, 4) is 5.75 Å². The van der Waals surface area contributed by atoms with E-state index in [0.717, 1.165) is 0 Å². The van der Waals surface area contributed by atoms with E-state index in [4.69, 9.17) is 17.2 Å². The van der Waals surface area contributed by atoms with Gasteiger partial charge in [-0.1, -0.05) is 32.4 Å². The van der Waals surface area contributed by atoms with Crippen LogP contribution in [-0.2, 0) is 44.8 Å². The molecule has 6 amide bonds. The summed E-state index contributed by atoms with van der Waals surface area (Å²) >= 11 is 0. The molecule has 0 aliphatic heterocycles. The van der Waals surface area contributed by atoms with Crippen LogP contribution in [0.1, 0.15) is 45.1 Å². The highest BCUT2D eigenvalue weighted by atomic mass is 16.4. The van der Waals surface area contributed by atoms with Gasteiger partial charge in [0.15, 0.2) is 0 Å². The van der Waals surface area contributed by atoms with Gasteiger partial charge < -0.3 is 53.8 Å². The van der Waals surface area contributed by atoms with E-state index < -0.39 is 103 Å². The monoisotopic (exact) mass is 637 g/mol. The first kappa shape index (κ1) is 37.8. The molecule has 0 aromatic heterocycles. The lowest BCUT2D eigenvalue weighted by molar-refractivity contribution is -0.144. The summed E-state index contributed by atoms with van der Waals surface area (Å²) in [5.41, 5.74) is 16.2. The van der Waals surface area contributed by atoms with Crippen LogP contribution >= 0.6 is 0 Å². The Balaban J connectivity index is 3.29. The lowest BCUT2D eigenvalue weighted by Crippen LogP contribution is -2.60. The average Bonchev–Trinajstić information content (AvgIpc) is 2.94. The summed E-state index contributed by atoms with van der Waals surface area (Å²) in [6.45, 7) is 3.20. The Morgan fingerprint density at radius 3 is 1.71 bits per heavy atom. The molecule has 0 aliphatic carbocycles. The van der Waals surface area contributed by atoms with Crippen LogP contribution in [0.15, 0.2) is 24.3 Å². The molecule has 0 heterocycles. The number of primary amides is 2. The normalized spacial score (nSPS) is 14.7. The fraction of sp³-hybridized carbons (Fsp3) is 0.481. The molecule has 0 unspecified atom stereocenters. The number of hydrogen-bond acceptors (Lipinski definition) is 10. The predicted molar refractivity (Wildman–Crippen MR) is 154 cm³/mol. The van der Waals surface area contributed by atoms with Gasteiger partial charge in [0, 0.05) is 6.42 Å². The highest BCUT2D eigenvalue weighted by molar-refractivity contribution is 5.97. The number of benzene rings is 1. The van der Waals surface area contributed by atoms with Gasteiger partial charge in [-0.3, -0.25) is 33.6 Å². The second kappa shape index (κ2) is 17.8. The van der Waals surface area contributed by atoms with Crippen LogP contribution in [0, 0.1) is 5.92 Å². The molecule has 0 spiro atoms. The number of aromatic hydroxyl groups is 1. The quantitative estimate of drug-likeness (QED) is 0.0708. The van der Waals surface area contributed by atoms with E-state index in [0.29, 0.717) is 5.56 Å². The molecule has 45 heavy (non-hydrogen) atoms. The number of amides is 6. The molecular formula is C27H39N7O11. The number of carboxylic acids is 2. The molecule has 0 aliphatic rings. The van der Waals surface area contributed by atoms with Crippen molar-refractivity contribution in [1.82, 2.24) is 21.3 Å². The van der Waals surface area contributed by atoms with E-state index in [1.807, 2.05) is 0 Å². The zero-order valence-electron chi connectivity index (χ0n) is 24.6. The maximum absolute atomic E-state index is 13.4. The standard InChI is InChI=1S/C27H39N7O11/c1-3-12(2)22(26(43)33-18(27(44)45)10-20(30)37)34-25(42)17(11-21(38)39)32-24(41)16(8-13-4-6-14(35)7-5-13)31-23(40)15(28)9-19(29)36/h4-7,12,15-18,22,35H,3,8-11,28H2,1-2H3,(H2,29,36)(H2,30,37)(H,31,40)(H,32,41)(H,33,43)(H,34,42)(H,38,39)(H,44,45)/t12-,15-,16-,17-,18-,22-/m0/s1. The summed E-state index contributed by atoms with van der Waals surface area (Å²) in [6.07, 6.45) is -2.19. The van der Waals surface area contributed by atoms with Crippen LogP contribution in [0.4, 0.5) is 0 Å². The minimum Gasteiger partial charge on any atom is -0.508 e. The van der Waals surface area contributed by atoms with Crippen molar-refractivity contribution in [2.75, 3.05) is 0 Å². The third kappa shape index (κ3) is 13.3. The van der Waals surface area contributed by atoms with E-state index >= 15 is 0 Å². The van der Waals surface area contributed by atoms with E-state index in [1.165, 1.54) is 31.2 Å². The van der Waals surface area contributed by atoms with Gasteiger partial charge in [0.2, 0.25) is 35.4 Å². The van der Waals surface area contributed by atoms with Crippen LogP contribution in [0.5, 0.6) is 5.75 Å². The van der Waals surface area contributed by atoms with Gasteiger partial charge in [-0.2, -0.15) is 0 Å². The predicted octanol–water partition coefficient (Wildman–Crippen LogP) is -3.44. The lowest BCUT2D eigenvalue weighted by atomic mass is 9.97. The summed E-state index contributed by atoms with van der Waals surface area (Å²) in [5.74, 6) is -9.84. The molecule has 0 radical (unpaired) electrons. The lowest BCUT2D eigenvalue weighted by Gasteiger charge is -2.28. The molecule has 0 saturated carbocycles. The Hall–Kier alpha value is -5.26. The molecule has 248 valence electrons. The Morgan fingerprint density at radius 2 is 1.22 bits per heavy atom. The van der Waals surface area contributed by atoms with E-state index in [1.54, 1.807) is 6.92 Å². The van der Waals surface area contributed by atoms with Gasteiger partial charge in [0.25, 0.3) is 0 Å². The summed E-state index contributed by atoms with van der Waals surface area (Å²) in [5, 5.41) is 37.3. The Morgan fingerprint density at radius 1 is 0.711 bits per heavy atom. The topological polar surface area (TPSA) is 323 Å². The van der Waals surface area contributed by atoms with Crippen molar-refractivity contribution in [2.45, 2.75) is 76.2 Å². The maximum atomic E-state index is 13.4. The van der Waals surface area contributed by atoms with Crippen molar-refractivity contribution < 1.29 is 53.7 Å². The fourth-order valence-electron chi connectivity index (χ4n) is 3.94. The van der Waals surface area contributed by atoms with Crippen LogP contribution < -0.4 is 38.5 Å². The minimum atomic E-state index is -1.80. The minimum absolute atomic E-state index is 0.0883. The van der Waals surface area contributed by atoms with Crippen molar-refractivity contribution in [3.05, 3.63) is 29.8 Å². The Kier molecular flexibility index (Phi) is 14.9. The largest absolute Gasteiger partial charge is 0.508 e. The highest BCUT2D eigenvalue weighted by Gasteiger charge is 2.35. The molecule has 18 nitrogen and oxygen atoms in total. The van der Waals surface area contributed by atoms with Gasteiger partial charge in [0.05, 0.1) is 25.3 Å². The number of nitrogens with one attached hydrogen (secondary N) is 4. The summed E-state index contributed by atoms with van der Waals surface area (Å²) in [4.78, 5) is 97.8. The number of rotatable bonds is 19. The average molecular weight is 638 g/mol. The summed E-state index contributed by atoms with van der Waals surface area (Å²) in [6, 6.07) is -2.35. The van der Waals surface area contributed by atoms with E-state index in [9.17, 15) is 53.7 Å². The fourth-order valence-corrected chi connectivity index (χ4v) is 3.94. The number of phenols is 1. The summed E-state index contributed by atoms with van der Waals surface area (Å²) in [7, 11) is 0. The van der Waals surface area contributed by atoms with Crippen molar-refractivity contribution >= 4 is 47.4 Å². The maximum Gasteiger partial charge on any atom is 0.326 e. The van der Waals surface area contributed by atoms with E-state index in [-0.39, 0.29) is 18.6 Å². The molecule has 6 atom stereocenters. The number of aliphatic carboxylic acids is 2. The van der Waals surface area contributed by atoms with Gasteiger partial charge in [-0.25, -0.2) is 4.79 Å². The molecule has 0 saturated heterocycles. The number of hydrogen-bond donors (Lipinski definition) is 10. The second-order valence-corrected chi connectivity index (χ2v) is 10.3. The van der Waals surface area contributed by atoms with Crippen LogP contribution in [0.3, 0.4) is 0 Å². The van der Waals surface area contributed by atoms with Gasteiger partial charge >= 0.3 is 11.9 Å². The third-order valence-electron chi connectivity index (χ3n) is 6.59. The number of nitrogens with two attached hydrogens (primary N) is 3. The Bertz CT molecular complexity index is 1270. The third-order valence-corrected chi connectivity index (χ3v) is 6.59. The molecule has 1 rings (SSSR count). The highest BCUT2D eigenvalue weighted by Crippen LogP contribution is 2.13. The zero-order valence-corrected chi connectivity index (χ0v) is 24.6. The van der Waals surface area contributed by atoms with Gasteiger partial charge in [-0.05, 0) is 23.6 Å². The number of carbonyl (C=O) groups is 8. The van der Waals surface area contributed by atoms with Crippen molar-refractivity contribution in [1.29, 1.82) is 0 Å². The first-order chi connectivity index (χ1) is 20.9. The van der Waals surface area contributed by atoms with Crippen LogP contribution in [0.25, 0.3) is 0 Å². The molecular weight excluding hydrogens is 598 g/mol. The smallest absolute Gasteiger partial charge is 0.326 e. The molecule has 1 aromatic rings. The molecule has 18 heteroatoms. The van der Waals surface area contributed by atoms with Crippen LogP contribution in [0.2, 0.25) is 0 Å². The number of phenolic OH excluding ortho intramolecular Hbond substituents is 1. The number of carbonyl (C=O) groups excluding carboxylic acids is 6. The molecule has 1 aromatic carbocycles. The Labute approximate surface area is 257 Å². The summed E-state index contributed by atoms with van der Waals surface area (Å²) < 4.78 is 0. The van der Waals surface area contributed by atoms with E-state index in [2.05, 4.69) is 21.3 Å². The van der Waals surface area contributed by atoms with Gasteiger partial charge in [-0.15, -0.1) is 0 Å². The van der Waals surface area contributed by atoms with Gasteiger partial charge in [0.1, 0.15) is 29.9 Å². The first-order valence-corrected chi connectivity index (χ1v) is 13.7. The SMILES string of the molecule is CC[C@H](C)[C@H](NC(=O)[C@H](CC(=O)O)NC(=O)[C@H](Cc1ccc(O)cc1)NC(=O)[C@@H](N)CC(N)=O)C(=O)N[C@@H](CC(N)=O)C(=O)O. The molecule has 0 bridgehead atoms. The zero-order chi connectivity index (χ0) is 34.4. The molecule has 0 fully saturated rings. The first-order valence-electron chi connectivity index (χ1n) is 13.7. The van der Waals surface area contributed by atoms with Crippen molar-refractivity contribution in [3.63, 3.8) is 0 Å².